The number of benzene rings is 2. The van der Waals surface area contributed by atoms with Gasteiger partial charge in [0.05, 0.1) is 18.1 Å². The Balaban J connectivity index is 1.72. The van der Waals surface area contributed by atoms with E-state index in [1.807, 2.05) is 37.3 Å². The van der Waals surface area contributed by atoms with Crippen LogP contribution >= 0.6 is 0 Å². The van der Waals surface area contributed by atoms with Gasteiger partial charge < -0.3 is 14.8 Å². The number of imide groups is 1. The Morgan fingerprint density at radius 1 is 1.23 bits per heavy atom. The molecule has 30 heavy (non-hydrogen) atoms. The van der Waals surface area contributed by atoms with Gasteiger partial charge >= 0.3 is 6.03 Å². The maximum Gasteiger partial charge on any atom is 0.325 e. The molecule has 1 N–H and O–H groups in total. The van der Waals surface area contributed by atoms with Crippen molar-refractivity contribution in [3.8, 4) is 5.75 Å². The molecule has 0 bridgehead atoms. The van der Waals surface area contributed by atoms with Crippen molar-refractivity contribution in [1.29, 1.82) is 0 Å². The Morgan fingerprint density at radius 2 is 2.00 bits per heavy atom. The smallest absolute Gasteiger partial charge is 0.325 e. The minimum Gasteiger partial charge on any atom is -0.467 e. The molecule has 9 nitrogen and oxygen atoms in total. The summed E-state index contributed by atoms with van der Waals surface area (Å²) in [6.45, 7) is 1.97. The summed E-state index contributed by atoms with van der Waals surface area (Å²) in [4.78, 5) is 38.2. The number of nitrogens with one attached hydrogen (secondary N) is 1. The second kappa shape index (κ2) is 7.75. The number of amides is 3. The first-order chi connectivity index (χ1) is 14.5. The third-order valence-electron chi connectivity index (χ3n) is 5.38. The van der Waals surface area contributed by atoms with Crippen LogP contribution in [0.1, 0.15) is 36.5 Å². The third kappa shape index (κ3) is 3.26. The molecule has 0 saturated carbocycles. The van der Waals surface area contributed by atoms with Gasteiger partial charge in [-0.25, -0.2) is 4.79 Å². The summed E-state index contributed by atoms with van der Waals surface area (Å²) < 4.78 is 10.8. The van der Waals surface area contributed by atoms with Gasteiger partial charge in [0.2, 0.25) is 0 Å². The highest BCUT2D eigenvalue weighted by molar-refractivity contribution is 6.07. The lowest BCUT2D eigenvalue weighted by molar-refractivity contribution is -0.385. The van der Waals surface area contributed by atoms with E-state index in [2.05, 4.69) is 5.32 Å². The number of carbonyl (C=O) groups excluding carboxylic acids is 2. The SMILES string of the molecule is CCC[C@@]1(c2ccccc2)NC(=O)N(Cc2cc([N+](=O)[O-])cc3c2OCOC3)C1=O. The molecule has 156 valence electrons. The first kappa shape index (κ1) is 19.8. The lowest BCUT2D eigenvalue weighted by Crippen LogP contribution is -2.43. The zero-order valence-electron chi connectivity index (χ0n) is 16.4. The van der Waals surface area contributed by atoms with Crippen molar-refractivity contribution in [3.63, 3.8) is 0 Å². The largest absolute Gasteiger partial charge is 0.467 e. The molecule has 0 aromatic heterocycles. The summed E-state index contributed by atoms with van der Waals surface area (Å²) in [5.74, 6) is 0.0352. The average Bonchev–Trinajstić information content (AvgIpc) is 2.99. The summed E-state index contributed by atoms with van der Waals surface area (Å²) in [6, 6.07) is 11.3. The molecule has 2 aliphatic rings. The number of carbonyl (C=O) groups is 2. The number of hydrogen-bond donors (Lipinski definition) is 1. The molecule has 9 heteroatoms. The molecule has 2 aromatic carbocycles. The Labute approximate surface area is 172 Å². The normalized spacial score (nSPS) is 20.5. The van der Waals surface area contributed by atoms with Crippen LogP contribution in [0.3, 0.4) is 0 Å². The molecule has 2 aliphatic heterocycles. The van der Waals surface area contributed by atoms with Crippen LogP contribution in [0.25, 0.3) is 0 Å². The van der Waals surface area contributed by atoms with Crippen LogP contribution in [0.2, 0.25) is 0 Å². The lowest BCUT2D eigenvalue weighted by Gasteiger charge is -2.27. The van der Waals surface area contributed by atoms with Gasteiger partial charge in [0, 0.05) is 23.3 Å². The van der Waals surface area contributed by atoms with E-state index in [9.17, 15) is 19.7 Å². The van der Waals surface area contributed by atoms with Gasteiger partial charge in [-0.15, -0.1) is 0 Å². The van der Waals surface area contributed by atoms with Gasteiger partial charge in [-0.05, 0) is 12.0 Å². The minimum absolute atomic E-state index is 0.00173. The number of non-ortho nitro benzene ring substituents is 1. The molecule has 0 spiro atoms. The van der Waals surface area contributed by atoms with Crippen molar-refractivity contribution in [2.24, 2.45) is 0 Å². The summed E-state index contributed by atoms with van der Waals surface area (Å²) >= 11 is 0. The first-order valence-corrected chi connectivity index (χ1v) is 9.66. The predicted molar refractivity (Wildman–Crippen MR) is 105 cm³/mol. The molecule has 2 heterocycles. The van der Waals surface area contributed by atoms with Crippen LogP contribution in [0.4, 0.5) is 10.5 Å². The van der Waals surface area contributed by atoms with Gasteiger partial charge in [-0.1, -0.05) is 43.7 Å². The standard InChI is InChI=1S/C21H21N3O6/c1-2-8-21(16-6-4-3-5-7-16)19(25)23(20(26)22-21)11-14-9-17(24(27)28)10-15-12-29-13-30-18(14)15/h3-7,9-10H,2,8,11-13H2,1H3,(H,22,26)/t21-/m0/s1. The fourth-order valence-corrected chi connectivity index (χ4v) is 4.05. The van der Waals surface area contributed by atoms with E-state index in [1.165, 1.54) is 12.1 Å². The van der Waals surface area contributed by atoms with Gasteiger partial charge in [-0.2, -0.15) is 0 Å². The van der Waals surface area contributed by atoms with Gasteiger partial charge in [0.1, 0.15) is 11.3 Å². The van der Waals surface area contributed by atoms with E-state index in [4.69, 9.17) is 9.47 Å². The molecular formula is C21H21N3O6. The molecule has 4 rings (SSSR count). The molecular weight excluding hydrogens is 390 g/mol. The van der Waals surface area contributed by atoms with Crippen molar-refractivity contribution >= 4 is 17.6 Å². The quantitative estimate of drug-likeness (QED) is 0.444. The molecule has 0 unspecified atom stereocenters. The molecule has 1 atom stereocenters. The number of hydrogen-bond acceptors (Lipinski definition) is 6. The predicted octanol–water partition coefficient (Wildman–Crippen LogP) is 3.21. The highest BCUT2D eigenvalue weighted by Gasteiger charge is 2.51. The number of urea groups is 1. The highest BCUT2D eigenvalue weighted by Crippen LogP contribution is 2.37. The van der Waals surface area contributed by atoms with Crippen molar-refractivity contribution in [2.75, 3.05) is 6.79 Å². The fourth-order valence-electron chi connectivity index (χ4n) is 4.05. The average molecular weight is 411 g/mol. The molecule has 0 aliphatic carbocycles. The lowest BCUT2D eigenvalue weighted by atomic mass is 9.85. The van der Waals surface area contributed by atoms with Gasteiger partial charge in [-0.3, -0.25) is 19.8 Å². The Kier molecular flexibility index (Phi) is 5.13. The Hall–Kier alpha value is -3.46. The monoisotopic (exact) mass is 411 g/mol. The molecule has 1 fully saturated rings. The number of nitro benzene ring substituents is 1. The van der Waals surface area contributed by atoms with Crippen molar-refractivity contribution in [1.82, 2.24) is 10.2 Å². The zero-order chi connectivity index (χ0) is 21.3. The van der Waals surface area contributed by atoms with Gasteiger partial charge in [0.15, 0.2) is 6.79 Å². The summed E-state index contributed by atoms with van der Waals surface area (Å²) in [5, 5.41) is 14.2. The Bertz CT molecular complexity index is 1010. The molecule has 2 aromatic rings. The number of ether oxygens (including phenoxy) is 2. The summed E-state index contributed by atoms with van der Waals surface area (Å²) in [5.41, 5.74) is 0.315. The van der Waals surface area contributed by atoms with Gasteiger partial charge in [0.25, 0.3) is 11.6 Å². The van der Waals surface area contributed by atoms with Crippen LogP contribution in [-0.4, -0.2) is 28.6 Å². The number of nitro groups is 1. The van der Waals surface area contributed by atoms with Crippen LogP contribution in [0, 0.1) is 10.1 Å². The van der Waals surface area contributed by atoms with Crippen LogP contribution in [-0.2, 0) is 28.2 Å². The topological polar surface area (TPSA) is 111 Å². The molecule has 1 saturated heterocycles. The minimum atomic E-state index is -1.15. The second-order valence-corrected chi connectivity index (χ2v) is 7.30. The van der Waals surface area contributed by atoms with E-state index in [0.717, 1.165) is 4.90 Å². The highest BCUT2D eigenvalue weighted by atomic mass is 16.7. The first-order valence-electron chi connectivity index (χ1n) is 9.66. The maximum atomic E-state index is 13.5. The van der Waals surface area contributed by atoms with Crippen molar-refractivity contribution < 1.29 is 24.0 Å². The summed E-state index contributed by atoms with van der Waals surface area (Å²) in [7, 11) is 0. The van der Waals surface area contributed by atoms with Crippen molar-refractivity contribution in [3.05, 3.63) is 69.3 Å². The Morgan fingerprint density at radius 3 is 2.70 bits per heavy atom. The molecule has 3 amide bonds. The fraction of sp³-hybridized carbons (Fsp3) is 0.333. The molecule has 0 radical (unpaired) electrons. The number of nitrogens with zero attached hydrogens (tertiary/aromatic N) is 2. The van der Waals surface area contributed by atoms with E-state index in [-0.39, 0.29) is 31.5 Å². The second-order valence-electron chi connectivity index (χ2n) is 7.30. The van der Waals surface area contributed by atoms with E-state index in [1.54, 1.807) is 0 Å². The van der Waals surface area contributed by atoms with Crippen LogP contribution < -0.4 is 10.1 Å². The van der Waals surface area contributed by atoms with E-state index < -0.39 is 16.5 Å². The third-order valence-corrected chi connectivity index (χ3v) is 5.38. The van der Waals surface area contributed by atoms with Crippen molar-refractivity contribution in [2.45, 2.75) is 38.5 Å². The van der Waals surface area contributed by atoms with Crippen LogP contribution in [0.15, 0.2) is 42.5 Å². The zero-order valence-corrected chi connectivity index (χ0v) is 16.4. The van der Waals surface area contributed by atoms with E-state index in [0.29, 0.717) is 35.3 Å². The van der Waals surface area contributed by atoms with E-state index >= 15 is 0 Å². The number of fused-ring (bicyclic) bond motifs is 1. The maximum absolute atomic E-state index is 13.5. The van der Waals surface area contributed by atoms with Crippen LogP contribution in [0.5, 0.6) is 5.75 Å². The number of rotatable bonds is 6. The summed E-state index contributed by atoms with van der Waals surface area (Å²) in [6.07, 6.45) is 1.12.